The van der Waals surface area contributed by atoms with Gasteiger partial charge in [0.15, 0.2) is 0 Å². The molecular formula is C19H20FNO2. The van der Waals surface area contributed by atoms with Crippen molar-refractivity contribution in [2.45, 2.75) is 44.9 Å². The first kappa shape index (κ1) is 14.6. The number of rotatable bonds is 2. The van der Waals surface area contributed by atoms with Gasteiger partial charge in [-0.1, -0.05) is 0 Å². The second kappa shape index (κ2) is 4.76. The SMILES string of the molecule is C[C@@]1(C(=O)O)CC12CCC(c1ccnc3ccc(F)cc13)CC2. The van der Waals surface area contributed by atoms with Crippen LogP contribution >= 0.6 is 0 Å². The first-order valence-electron chi connectivity index (χ1n) is 8.23. The Morgan fingerprint density at radius 1 is 1.30 bits per heavy atom. The van der Waals surface area contributed by atoms with E-state index in [0.29, 0.717) is 5.92 Å². The van der Waals surface area contributed by atoms with E-state index < -0.39 is 11.4 Å². The Kier molecular flexibility index (Phi) is 3.03. The third-order valence-corrected chi connectivity index (χ3v) is 6.33. The molecule has 3 nitrogen and oxygen atoms in total. The summed E-state index contributed by atoms with van der Waals surface area (Å²) < 4.78 is 13.6. The van der Waals surface area contributed by atoms with Gasteiger partial charge >= 0.3 is 5.97 Å². The average Bonchev–Trinajstić information content (AvgIpc) is 3.13. The van der Waals surface area contributed by atoms with E-state index in [1.54, 1.807) is 18.3 Å². The summed E-state index contributed by atoms with van der Waals surface area (Å²) in [4.78, 5) is 15.8. The van der Waals surface area contributed by atoms with Crippen LogP contribution in [0.25, 0.3) is 10.9 Å². The molecule has 0 bridgehead atoms. The number of benzene rings is 1. The molecule has 0 saturated heterocycles. The minimum absolute atomic E-state index is 0.0105. The number of hydrogen-bond acceptors (Lipinski definition) is 2. The van der Waals surface area contributed by atoms with Gasteiger partial charge in [-0.15, -0.1) is 0 Å². The van der Waals surface area contributed by atoms with Gasteiger partial charge in [0.1, 0.15) is 5.82 Å². The molecule has 23 heavy (non-hydrogen) atoms. The topological polar surface area (TPSA) is 50.2 Å². The molecule has 0 aliphatic heterocycles. The predicted molar refractivity (Wildman–Crippen MR) is 85.7 cm³/mol. The first-order chi connectivity index (χ1) is 11.0. The molecule has 4 heteroatoms. The standard InChI is InChI=1S/C19H20FNO2/c1-18(17(22)23)11-19(18)7-4-12(5-8-19)14-6-9-21-16-3-2-13(20)10-15(14)16/h2-3,6,9-10,12H,4-5,7-8,11H2,1H3,(H,22,23)/t12?,18-,19?/m0/s1. The fourth-order valence-corrected chi connectivity index (χ4v) is 4.64. The second-order valence-electron chi connectivity index (χ2n) is 7.43. The zero-order valence-electron chi connectivity index (χ0n) is 13.2. The van der Waals surface area contributed by atoms with Crippen LogP contribution in [0.4, 0.5) is 4.39 Å². The summed E-state index contributed by atoms with van der Waals surface area (Å²) in [6.07, 6.45) is 6.42. The highest BCUT2D eigenvalue weighted by Gasteiger charge is 2.68. The fraction of sp³-hybridized carbons (Fsp3) is 0.474. The molecule has 2 saturated carbocycles. The third-order valence-electron chi connectivity index (χ3n) is 6.33. The van der Waals surface area contributed by atoms with Crippen molar-refractivity contribution in [2.24, 2.45) is 10.8 Å². The van der Waals surface area contributed by atoms with Gasteiger partial charge in [0, 0.05) is 11.6 Å². The Balaban J connectivity index is 1.60. The molecule has 120 valence electrons. The van der Waals surface area contributed by atoms with Gasteiger partial charge in [0.25, 0.3) is 0 Å². The largest absolute Gasteiger partial charge is 0.481 e. The zero-order valence-corrected chi connectivity index (χ0v) is 13.2. The molecule has 1 heterocycles. The Morgan fingerprint density at radius 2 is 2.04 bits per heavy atom. The number of pyridine rings is 1. The van der Waals surface area contributed by atoms with Crippen LogP contribution in [-0.4, -0.2) is 16.1 Å². The predicted octanol–water partition coefficient (Wildman–Crippen LogP) is 4.51. The maximum atomic E-state index is 13.6. The third kappa shape index (κ3) is 2.07. The molecule has 0 radical (unpaired) electrons. The van der Waals surface area contributed by atoms with E-state index in [1.807, 2.05) is 13.0 Å². The van der Waals surface area contributed by atoms with Crippen LogP contribution in [0, 0.1) is 16.6 Å². The summed E-state index contributed by atoms with van der Waals surface area (Å²) in [6.45, 7) is 1.88. The van der Waals surface area contributed by atoms with E-state index in [4.69, 9.17) is 0 Å². The molecule has 1 spiro atoms. The van der Waals surface area contributed by atoms with Gasteiger partial charge in [0.2, 0.25) is 0 Å². The van der Waals surface area contributed by atoms with Crippen molar-refractivity contribution < 1.29 is 14.3 Å². The molecule has 0 unspecified atom stereocenters. The molecule has 1 atom stereocenters. The summed E-state index contributed by atoms with van der Waals surface area (Å²) >= 11 is 0. The number of nitrogens with zero attached hydrogens (tertiary/aromatic N) is 1. The Morgan fingerprint density at radius 3 is 2.70 bits per heavy atom. The number of carbonyl (C=O) groups is 1. The van der Waals surface area contributed by atoms with Gasteiger partial charge in [-0.3, -0.25) is 9.78 Å². The molecule has 0 amide bonds. The van der Waals surface area contributed by atoms with Crippen molar-refractivity contribution in [2.75, 3.05) is 0 Å². The zero-order chi connectivity index (χ0) is 16.2. The number of aromatic nitrogens is 1. The van der Waals surface area contributed by atoms with Crippen molar-refractivity contribution in [3.63, 3.8) is 0 Å². The summed E-state index contributed by atoms with van der Waals surface area (Å²) in [7, 11) is 0. The molecular weight excluding hydrogens is 293 g/mol. The number of fused-ring (bicyclic) bond motifs is 1. The van der Waals surface area contributed by atoms with E-state index in [9.17, 15) is 14.3 Å². The summed E-state index contributed by atoms with van der Waals surface area (Å²) in [6, 6.07) is 6.73. The fourth-order valence-electron chi connectivity index (χ4n) is 4.64. The van der Waals surface area contributed by atoms with Crippen molar-refractivity contribution in [1.82, 2.24) is 4.98 Å². The van der Waals surface area contributed by atoms with Crippen LogP contribution in [0.2, 0.25) is 0 Å². The highest BCUT2D eigenvalue weighted by atomic mass is 19.1. The highest BCUT2D eigenvalue weighted by Crippen LogP contribution is 2.71. The summed E-state index contributed by atoms with van der Waals surface area (Å²) in [5, 5.41) is 10.3. The number of hydrogen-bond donors (Lipinski definition) is 1. The van der Waals surface area contributed by atoms with E-state index in [2.05, 4.69) is 4.98 Å². The number of aliphatic carboxylic acids is 1. The van der Waals surface area contributed by atoms with E-state index >= 15 is 0 Å². The van der Waals surface area contributed by atoms with Crippen LogP contribution in [0.15, 0.2) is 30.5 Å². The van der Waals surface area contributed by atoms with Gasteiger partial charge in [0.05, 0.1) is 10.9 Å². The lowest BCUT2D eigenvalue weighted by Gasteiger charge is -2.31. The first-order valence-corrected chi connectivity index (χ1v) is 8.23. The minimum Gasteiger partial charge on any atom is -0.481 e. The molecule has 1 aromatic heterocycles. The van der Waals surface area contributed by atoms with Crippen LogP contribution in [0.1, 0.15) is 50.5 Å². The molecule has 2 fully saturated rings. The lowest BCUT2D eigenvalue weighted by molar-refractivity contribution is -0.144. The van der Waals surface area contributed by atoms with Crippen LogP contribution < -0.4 is 0 Å². The molecule has 4 rings (SSSR count). The molecule has 1 aromatic carbocycles. The van der Waals surface area contributed by atoms with Crippen molar-refractivity contribution in [1.29, 1.82) is 0 Å². The van der Waals surface area contributed by atoms with Gasteiger partial charge in [-0.05, 0) is 80.2 Å². The Hall–Kier alpha value is -1.97. The average molecular weight is 313 g/mol. The molecule has 1 N–H and O–H groups in total. The van der Waals surface area contributed by atoms with Gasteiger partial charge in [-0.25, -0.2) is 4.39 Å². The molecule has 2 aliphatic rings. The number of halogens is 1. The van der Waals surface area contributed by atoms with Crippen LogP contribution in [0.5, 0.6) is 0 Å². The van der Waals surface area contributed by atoms with Crippen molar-refractivity contribution >= 4 is 16.9 Å². The van der Waals surface area contributed by atoms with Gasteiger partial charge < -0.3 is 5.11 Å². The maximum Gasteiger partial charge on any atom is 0.309 e. The van der Waals surface area contributed by atoms with E-state index in [0.717, 1.165) is 48.6 Å². The minimum atomic E-state index is -0.660. The highest BCUT2D eigenvalue weighted by molar-refractivity contribution is 5.83. The Labute approximate surface area is 134 Å². The van der Waals surface area contributed by atoms with Crippen molar-refractivity contribution in [3.05, 3.63) is 41.8 Å². The summed E-state index contributed by atoms with van der Waals surface area (Å²) in [5.41, 5.74) is 1.43. The number of carboxylic acid groups (broad SMARTS) is 1. The lowest BCUT2D eigenvalue weighted by atomic mass is 9.73. The summed E-state index contributed by atoms with van der Waals surface area (Å²) in [5.74, 6) is -0.529. The van der Waals surface area contributed by atoms with Gasteiger partial charge in [-0.2, -0.15) is 0 Å². The maximum absolute atomic E-state index is 13.6. The monoisotopic (exact) mass is 313 g/mol. The van der Waals surface area contributed by atoms with Crippen molar-refractivity contribution in [3.8, 4) is 0 Å². The normalized spacial score (nSPS) is 33.0. The lowest BCUT2D eigenvalue weighted by Crippen LogP contribution is -2.25. The molecule has 2 aliphatic carbocycles. The molecule has 2 aromatic rings. The second-order valence-corrected chi connectivity index (χ2v) is 7.43. The van der Waals surface area contributed by atoms with E-state index in [1.165, 1.54) is 6.07 Å². The van der Waals surface area contributed by atoms with Crippen LogP contribution in [0.3, 0.4) is 0 Å². The van der Waals surface area contributed by atoms with Crippen LogP contribution in [-0.2, 0) is 4.79 Å². The Bertz CT molecular complexity index is 795. The number of carboxylic acids is 1. The van der Waals surface area contributed by atoms with E-state index in [-0.39, 0.29) is 11.2 Å². The quantitative estimate of drug-likeness (QED) is 0.887. The smallest absolute Gasteiger partial charge is 0.309 e.